The van der Waals surface area contributed by atoms with Crippen molar-refractivity contribution in [2.24, 2.45) is 0 Å². The van der Waals surface area contributed by atoms with Crippen LogP contribution in [-0.4, -0.2) is 30.9 Å². The summed E-state index contributed by atoms with van der Waals surface area (Å²) in [7, 11) is 0. The maximum Gasteiger partial charge on any atom is 0.200 e. The van der Waals surface area contributed by atoms with E-state index in [0.29, 0.717) is 42.0 Å². The van der Waals surface area contributed by atoms with Crippen LogP contribution in [0.3, 0.4) is 0 Å². The lowest BCUT2D eigenvalue weighted by Crippen LogP contribution is -2.33. The average Bonchev–Trinajstić information content (AvgIpc) is 2.72. The Balaban J connectivity index is 1.61. The molecule has 2 aromatic carbocycles. The SMILES string of the molecule is CC(C)OCCCN1COc2ccc3c(=O)c(-c4ccc(F)cc4)coc3c2C1. The number of hydrogen-bond acceptors (Lipinski definition) is 5. The summed E-state index contributed by atoms with van der Waals surface area (Å²) >= 11 is 0. The van der Waals surface area contributed by atoms with Gasteiger partial charge in [0.25, 0.3) is 0 Å². The first-order valence-electron chi connectivity index (χ1n) is 9.83. The molecule has 152 valence electrons. The fourth-order valence-electron chi connectivity index (χ4n) is 3.53. The largest absolute Gasteiger partial charge is 0.478 e. The van der Waals surface area contributed by atoms with Crippen LogP contribution in [0.15, 0.2) is 51.9 Å². The van der Waals surface area contributed by atoms with Gasteiger partial charge >= 0.3 is 0 Å². The van der Waals surface area contributed by atoms with E-state index in [1.54, 1.807) is 18.2 Å². The molecule has 0 fully saturated rings. The Hall–Kier alpha value is -2.70. The van der Waals surface area contributed by atoms with Crippen LogP contribution in [0.25, 0.3) is 22.1 Å². The smallest absolute Gasteiger partial charge is 0.200 e. The summed E-state index contributed by atoms with van der Waals surface area (Å²) in [6.07, 6.45) is 2.58. The third-order valence-corrected chi connectivity index (χ3v) is 5.01. The first kappa shape index (κ1) is 19.6. The minimum absolute atomic E-state index is 0.136. The van der Waals surface area contributed by atoms with Crippen molar-refractivity contribution in [3.63, 3.8) is 0 Å². The second-order valence-electron chi connectivity index (χ2n) is 7.50. The molecule has 0 aliphatic carbocycles. The Morgan fingerprint density at radius 3 is 2.72 bits per heavy atom. The van der Waals surface area contributed by atoms with Gasteiger partial charge in [-0.3, -0.25) is 9.69 Å². The van der Waals surface area contributed by atoms with Gasteiger partial charge in [0.2, 0.25) is 5.43 Å². The van der Waals surface area contributed by atoms with E-state index >= 15 is 0 Å². The topological polar surface area (TPSA) is 51.9 Å². The van der Waals surface area contributed by atoms with Crippen molar-refractivity contribution in [1.82, 2.24) is 4.90 Å². The maximum atomic E-state index is 13.2. The van der Waals surface area contributed by atoms with E-state index in [9.17, 15) is 9.18 Å². The van der Waals surface area contributed by atoms with Gasteiger partial charge in [-0.2, -0.15) is 0 Å². The van der Waals surface area contributed by atoms with Crippen molar-refractivity contribution < 1.29 is 18.3 Å². The van der Waals surface area contributed by atoms with Crippen LogP contribution < -0.4 is 10.2 Å². The van der Waals surface area contributed by atoms with Crippen molar-refractivity contribution in [2.75, 3.05) is 19.9 Å². The molecule has 6 heteroatoms. The molecule has 4 rings (SSSR count). The molecule has 1 aliphatic heterocycles. The first-order chi connectivity index (χ1) is 14.0. The molecule has 0 atom stereocenters. The standard InChI is InChI=1S/C23H24FNO4/c1-15(2)27-11-3-10-25-12-19-21(29-14-25)9-8-18-22(26)20(13-28-23(18)19)16-4-6-17(24)7-5-16/h4-9,13,15H,3,10-12,14H2,1-2H3. The van der Waals surface area contributed by atoms with E-state index in [1.807, 2.05) is 19.9 Å². The Morgan fingerprint density at radius 2 is 1.97 bits per heavy atom. The van der Waals surface area contributed by atoms with Crippen molar-refractivity contribution in [3.05, 3.63) is 64.3 Å². The summed E-state index contributed by atoms with van der Waals surface area (Å²) in [5.41, 5.74) is 2.32. The molecule has 0 N–H and O–H groups in total. The normalized spacial score (nSPS) is 14.2. The van der Waals surface area contributed by atoms with E-state index in [-0.39, 0.29) is 17.3 Å². The number of fused-ring (bicyclic) bond motifs is 3. The third kappa shape index (κ3) is 4.18. The number of ether oxygens (including phenoxy) is 2. The molecule has 5 nitrogen and oxygen atoms in total. The molecular formula is C23H24FNO4. The van der Waals surface area contributed by atoms with Crippen molar-refractivity contribution >= 4 is 11.0 Å². The highest BCUT2D eigenvalue weighted by Gasteiger charge is 2.22. The number of nitrogens with zero attached hydrogens (tertiary/aromatic N) is 1. The van der Waals surface area contributed by atoms with E-state index in [2.05, 4.69) is 4.90 Å². The second kappa shape index (κ2) is 8.35. The van der Waals surface area contributed by atoms with Crippen molar-refractivity contribution in [1.29, 1.82) is 0 Å². The van der Waals surface area contributed by atoms with E-state index in [1.165, 1.54) is 18.4 Å². The number of halogens is 1. The zero-order valence-electron chi connectivity index (χ0n) is 16.6. The van der Waals surface area contributed by atoms with Gasteiger partial charge in [0.1, 0.15) is 30.1 Å². The zero-order valence-corrected chi connectivity index (χ0v) is 16.6. The van der Waals surface area contributed by atoms with Crippen molar-refractivity contribution in [2.45, 2.75) is 32.9 Å². The molecule has 0 unspecified atom stereocenters. The Bertz CT molecular complexity index is 1060. The monoisotopic (exact) mass is 397 g/mol. The van der Waals surface area contributed by atoms with Crippen molar-refractivity contribution in [3.8, 4) is 16.9 Å². The van der Waals surface area contributed by atoms with Gasteiger partial charge in [-0.1, -0.05) is 12.1 Å². The van der Waals surface area contributed by atoms with Gasteiger partial charge < -0.3 is 13.9 Å². The van der Waals surface area contributed by atoms with Gasteiger partial charge in [-0.05, 0) is 50.1 Å². The molecule has 0 saturated heterocycles. The summed E-state index contributed by atoms with van der Waals surface area (Å²) < 4.78 is 30.6. The molecule has 0 saturated carbocycles. The molecule has 0 radical (unpaired) electrons. The highest BCUT2D eigenvalue weighted by atomic mass is 19.1. The number of rotatable bonds is 6. The average molecular weight is 397 g/mol. The maximum absolute atomic E-state index is 13.2. The molecule has 29 heavy (non-hydrogen) atoms. The number of hydrogen-bond donors (Lipinski definition) is 0. The van der Waals surface area contributed by atoms with Gasteiger partial charge in [0.15, 0.2) is 0 Å². The summed E-state index contributed by atoms with van der Waals surface area (Å²) in [4.78, 5) is 15.2. The number of benzene rings is 2. The van der Waals surface area contributed by atoms with E-state index < -0.39 is 0 Å². The van der Waals surface area contributed by atoms with Crippen LogP contribution in [0.1, 0.15) is 25.8 Å². The summed E-state index contributed by atoms with van der Waals surface area (Å²) in [6.45, 7) is 6.72. The molecule has 1 aliphatic rings. The quantitative estimate of drug-likeness (QED) is 0.571. The van der Waals surface area contributed by atoms with Crippen LogP contribution in [0, 0.1) is 5.82 Å². The predicted molar refractivity (Wildman–Crippen MR) is 109 cm³/mol. The zero-order chi connectivity index (χ0) is 20.4. The van der Waals surface area contributed by atoms with Gasteiger partial charge in [0.05, 0.1) is 22.6 Å². The third-order valence-electron chi connectivity index (χ3n) is 5.01. The highest BCUT2D eigenvalue weighted by Crippen LogP contribution is 2.32. The fourth-order valence-corrected chi connectivity index (χ4v) is 3.53. The Kier molecular flexibility index (Phi) is 5.65. The van der Waals surface area contributed by atoms with Crippen LogP contribution in [0.4, 0.5) is 4.39 Å². The Morgan fingerprint density at radius 1 is 1.17 bits per heavy atom. The lowest BCUT2D eigenvalue weighted by molar-refractivity contribution is 0.0525. The van der Waals surface area contributed by atoms with Gasteiger partial charge in [-0.25, -0.2) is 4.39 Å². The molecule has 0 bridgehead atoms. The summed E-state index contributed by atoms with van der Waals surface area (Å²) in [5.74, 6) is 0.397. The van der Waals surface area contributed by atoms with Crippen LogP contribution in [0.2, 0.25) is 0 Å². The van der Waals surface area contributed by atoms with Gasteiger partial charge in [-0.15, -0.1) is 0 Å². The van der Waals surface area contributed by atoms with Crippen LogP contribution >= 0.6 is 0 Å². The van der Waals surface area contributed by atoms with Crippen LogP contribution in [0.5, 0.6) is 5.75 Å². The minimum atomic E-state index is -0.343. The first-order valence-corrected chi connectivity index (χ1v) is 9.83. The lowest BCUT2D eigenvalue weighted by atomic mass is 10.0. The van der Waals surface area contributed by atoms with E-state index in [0.717, 1.165) is 24.3 Å². The second-order valence-corrected chi connectivity index (χ2v) is 7.50. The van der Waals surface area contributed by atoms with Crippen LogP contribution in [-0.2, 0) is 11.3 Å². The summed E-state index contributed by atoms with van der Waals surface area (Å²) in [6, 6.07) is 9.38. The molecule has 0 amide bonds. The van der Waals surface area contributed by atoms with Gasteiger partial charge in [0, 0.05) is 19.7 Å². The minimum Gasteiger partial charge on any atom is -0.478 e. The molecule has 3 aromatic rings. The Labute approximate surface area is 168 Å². The molecule has 1 aromatic heterocycles. The molecule has 0 spiro atoms. The predicted octanol–water partition coefficient (Wildman–Crippen LogP) is 4.57. The van der Waals surface area contributed by atoms with E-state index in [4.69, 9.17) is 13.9 Å². The molecule has 2 heterocycles. The summed E-state index contributed by atoms with van der Waals surface area (Å²) in [5, 5.41) is 0.499. The fraction of sp³-hybridized carbons (Fsp3) is 0.348. The highest BCUT2D eigenvalue weighted by molar-refractivity contribution is 5.85. The lowest BCUT2D eigenvalue weighted by Gasteiger charge is -2.29. The molecular weight excluding hydrogens is 373 g/mol.